The molecule has 0 N–H and O–H groups in total. The Morgan fingerprint density at radius 3 is 2.39 bits per heavy atom. The average Bonchev–Trinajstić information content (AvgIpc) is 2.83. The number of ether oxygens (including phenoxy) is 2. The van der Waals surface area contributed by atoms with Crippen molar-refractivity contribution in [2.75, 3.05) is 33.9 Å². The largest absolute Gasteiger partial charge is 0.493 e. The molecule has 2 aromatic carbocycles. The summed E-state index contributed by atoms with van der Waals surface area (Å²) in [4.78, 5) is 31.4. The number of fused-ring (bicyclic) bond motifs is 4. The second kappa shape index (κ2) is 7.91. The number of rotatable bonds is 3. The third kappa shape index (κ3) is 3.16. The maximum Gasteiger partial charge on any atom is 0.254 e. The smallest absolute Gasteiger partial charge is 0.254 e. The highest BCUT2D eigenvalue weighted by atomic mass is 16.5. The van der Waals surface area contributed by atoms with Gasteiger partial charge in [-0.05, 0) is 54.5 Å². The van der Waals surface area contributed by atoms with Gasteiger partial charge < -0.3 is 19.3 Å². The Bertz CT molecular complexity index is 1030. The summed E-state index contributed by atoms with van der Waals surface area (Å²) in [6.07, 6.45) is 4.01. The predicted molar refractivity (Wildman–Crippen MR) is 117 cm³/mol. The second-order valence-electron chi connectivity index (χ2n) is 8.55. The summed E-state index contributed by atoms with van der Waals surface area (Å²) in [6.45, 7) is 2.17. The Kier molecular flexibility index (Phi) is 5.08. The van der Waals surface area contributed by atoms with Gasteiger partial charge in [0, 0.05) is 25.2 Å². The molecule has 2 aromatic rings. The van der Waals surface area contributed by atoms with Crippen LogP contribution in [-0.4, -0.2) is 55.5 Å². The maximum atomic E-state index is 14.0. The summed E-state index contributed by atoms with van der Waals surface area (Å²) < 4.78 is 11.0. The van der Waals surface area contributed by atoms with Crippen LogP contribution < -0.4 is 9.47 Å². The van der Waals surface area contributed by atoms with Crippen molar-refractivity contribution >= 4 is 11.8 Å². The van der Waals surface area contributed by atoms with E-state index >= 15 is 0 Å². The van der Waals surface area contributed by atoms with Gasteiger partial charge in [0.2, 0.25) is 5.91 Å². The standard InChI is InChI=1S/C25H28N2O4/c1-30-20-14-18-19(15-21(20)31-2)24(28)27-13-10-16-8-4-5-9-17(16)23(27)22(18)25(29)26-11-6-3-7-12-26/h4-5,8-9,14-15,22-23H,3,6-7,10-13H2,1-2H3. The third-order valence-corrected chi connectivity index (χ3v) is 6.96. The number of benzene rings is 2. The molecular formula is C25H28N2O4. The molecule has 0 saturated carbocycles. The molecule has 2 atom stereocenters. The topological polar surface area (TPSA) is 59.1 Å². The van der Waals surface area contributed by atoms with E-state index in [1.54, 1.807) is 20.3 Å². The van der Waals surface area contributed by atoms with E-state index < -0.39 is 5.92 Å². The van der Waals surface area contributed by atoms with E-state index in [4.69, 9.17) is 9.47 Å². The maximum absolute atomic E-state index is 14.0. The van der Waals surface area contributed by atoms with Crippen LogP contribution in [0.15, 0.2) is 36.4 Å². The number of methoxy groups -OCH3 is 2. The van der Waals surface area contributed by atoms with Crippen molar-refractivity contribution in [2.45, 2.75) is 37.6 Å². The van der Waals surface area contributed by atoms with Crippen molar-refractivity contribution in [1.29, 1.82) is 0 Å². The van der Waals surface area contributed by atoms with Gasteiger partial charge in [-0.25, -0.2) is 0 Å². The van der Waals surface area contributed by atoms with Gasteiger partial charge in [-0.3, -0.25) is 9.59 Å². The molecule has 162 valence electrons. The molecule has 2 amide bonds. The van der Waals surface area contributed by atoms with E-state index in [9.17, 15) is 9.59 Å². The van der Waals surface area contributed by atoms with Crippen molar-refractivity contribution < 1.29 is 19.1 Å². The number of piperidine rings is 1. The fraction of sp³-hybridized carbons (Fsp3) is 0.440. The van der Waals surface area contributed by atoms with Crippen molar-refractivity contribution in [2.24, 2.45) is 0 Å². The molecule has 0 spiro atoms. The fourth-order valence-corrected chi connectivity index (χ4v) is 5.43. The molecule has 0 bridgehead atoms. The number of carbonyl (C=O) groups excluding carboxylic acids is 2. The van der Waals surface area contributed by atoms with Crippen LogP contribution in [0.5, 0.6) is 11.5 Å². The first-order valence-electron chi connectivity index (χ1n) is 11.1. The fourth-order valence-electron chi connectivity index (χ4n) is 5.43. The molecule has 3 aliphatic rings. The van der Waals surface area contributed by atoms with Gasteiger partial charge in [-0.1, -0.05) is 24.3 Å². The predicted octanol–water partition coefficient (Wildman–Crippen LogP) is 3.55. The molecule has 0 radical (unpaired) electrons. The minimum absolute atomic E-state index is 0.0434. The number of hydrogen-bond acceptors (Lipinski definition) is 4. The first kappa shape index (κ1) is 19.9. The number of likely N-dealkylation sites (tertiary alicyclic amines) is 1. The molecule has 31 heavy (non-hydrogen) atoms. The number of amides is 2. The summed E-state index contributed by atoms with van der Waals surface area (Å²) in [5.74, 6) is 0.662. The molecule has 0 aromatic heterocycles. The molecule has 0 aliphatic carbocycles. The quantitative estimate of drug-likeness (QED) is 0.762. The van der Waals surface area contributed by atoms with Crippen LogP contribution in [0.4, 0.5) is 0 Å². The van der Waals surface area contributed by atoms with E-state index in [0.29, 0.717) is 23.6 Å². The molecule has 3 aliphatic heterocycles. The molecular weight excluding hydrogens is 392 g/mol. The summed E-state index contributed by atoms with van der Waals surface area (Å²) in [6, 6.07) is 11.5. The molecule has 2 unspecified atom stereocenters. The Labute approximate surface area is 182 Å². The lowest BCUT2D eigenvalue weighted by molar-refractivity contribution is -0.135. The van der Waals surface area contributed by atoms with Gasteiger partial charge in [0.25, 0.3) is 5.91 Å². The lowest BCUT2D eigenvalue weighted by Crippen LogP contribution is -2.51. The molecule has 1 saturated heterocycles. The Balaban J connectivity index is 1.70. The van der Waals surface area contributed by atoms with E-state index in [1.807, 2.05) is 28.0 Å². The van der Waals surface area contributed by atoms with Crippen LogP contribution in [0.2, 0.25) is 0 Å². The molecule has 3 heterocycles. The number of nitrogens with zero attached hydrogens (tertiary/aromatic N) is 2. The highest BCUT2D eigenvalue weighted by Gasteiger charge is 2.48. The van der Waals surface area contributed by atoms with Crippen LogP contribution in [0.1, 0.15) is 58.3 Å². The highest BCUT2D eigenvalue weighted by Crippen LogP contribution is 2.49. The first-order chi connectivity index (χ1) is 15.1. The van der Waals surface area contributed by atoms with Crippen molar-refractivity contribution in [3.8, 4) is 11.5 Å². The normalized spacial score (nSPS) is 22.3. The van der Waals surface area contributed by atoms with E-state index in [1.165, 1.54) is 5.56 Å². The van der Waals surface area contributed by atoms with Gasteiger partial charge in [0.15, 0.2) is 11.5 Å². The van der Waals surface area contributed by atoms with Crippen LogP contribution in [-0.2, 0) is 11.2 Å². The molecule has 1 fully saturated rings. The van der Waals surface area contributed by atoms with Gasteiger partial charge in [0.1, 0.15) is 0 Å². The van der Waals surface area contributed by atoms with Crippen LogP contribution in [0.25, 0.3) is 0 Å². The van der Waals surface area contributed by atoms with E-state index in [0.717, 1.165) is 49.9 Å². The van der Waals surface area contributed by atoms with Gasteiger partial charge in [-0.15, -0.1) is 0 Å². The van der Waals surface area contributed by atoms with Gasteiger partial charge in [0.05, 0.1) is 26.2 Å². The molecule has 5 rings (SSSR count). The van der Waals surface area contributed by atoms with Crippen molar-refractivity contribution in [1.82, 2.24) is 9.80 Å². The summed E-state index contributed by atoms with van der Waals surface area (Å²) in [7, 11) is 3.15. The lowest BCUT2D eigenvalue weighted by Gasteiger charge is -2.46. The number of carbonyl (C=O) groups is 2. The SMILES string of the molecule is COc1cc2c(cc1OC)C(C(=O)N1CCCCC1)C1c3ccccc3CCN1C2=O. The summed E-state index contributed by atoms with van der Waals surface area (Å²) in [5.41, 5.74) is 3.59. The molecule has 6 heteroatoms. The Morgan fingerprint density at radius 1 is 0.935 bits per heavy atom. The zero-order valence-electron chi connectivity index (χ0n) is 18.1. The van der Waals surface area contributed by atoms with Crippen molar-refractivity contribution in [3.05, 3.63) is 58.7 Å². The zero-order valence-corrected chi connectivity index (χ0v) is 18.1. The van der Waals surface area contributed by atoms with Crippen LogP contribution >= 0.6 is 0 Å². The lowest BCUT2D eigenvalue weighted by atomic mass is 9.75. The third-order valence-electron chi connectivity index (χ3n) is 6.96. The number of hydrogen-bond donors (Lipinski definition) is 0. The minimum atomic E-state index is -0.452. The molecule has 6 nitrogen and oxygen atoms in total. The Hall–Kier alpha value is -3.02. The van der Waals surface area contributed by atoms with Crippen LogP contribution in [0.3, 0.4) is 0 Å². The van der Waals surface area contributed by atoms with E-state index in [2.05, 4.69) is 12.1 Å². The summed E-state index contributed by atoms with van der Waals surface area (Å²) >= 11 is 0. The average molecular weight is 421 g/mol. The highest BCUT2D eigenvalue weighted by molar-refractivity contribution is 6.02. The summed E-state index contributed by atoms with van der Waals surface area (Å²) in [5, 5.41) is 0. The van der Waals surface area contributed by atoms with Gasteiger partial charge >= 0.3 is 0 Å². The first-order valence-corrected chi connectivity index (χ1v) is 11.1. The van der Waals surface area contributed by atoms with Crippen LogP contribution in [0, 0.1) is 0 Å². The van der Waals surface area contributed by atoms with Crippen molar-refractivity contribution in [3.63, 3.8) is 0 Å². The monoisotopic (exact) mass is 420 g/mol. The van der Waals surface area contributed by atoms with E-state index in [-0.39, 0.29) is 17.9 Å². The van der Waals surface area contributed by atoms with Gasteiger partial charge in [-0.2, -0.15) is 0 Å². The zero-order chi connectivity index (χ0) is 21.5. The second-order valence-corrected chi connectivity index (χ2v) is 8.55. The minimum Gasteiger partial charge on any atom is -0.493 e. The Morgan fingerprint density at radius 2 is 1.65 bits per heavy atom.